The number of amides is 1. The van der Waals surface area contributed by atoms with E-state index >= 15 is 0 Å². The Morgan fingerprint density at radius 2 is 1.32 bits per heavy atom. The van der Waals surface area contributed by atoms with E-state index in [1.165, 1.54) is 0 Å². The van der Waals surface area contributed by atoms with Crippen LogP contribution in [0.1, 0.15) is 16.7 Å². The van der Waals surface area contributed by atoms with E-state index in [0.29, 0.717) is 0 Å². The maximum absolute atomic E-state index is 13.4. The van der Waals surface area contributed by atoms with Crippen LogP contribution in [0.4, 0.5) is 17.2 Å². The molecule has 1 N–H and O–H groups in total. The Labute approximate surface area is 165 Å². The van der Waals surface area contributed by atoms with E-state index in [4.69, 9.17) is 0 Å². The van der Waals surface area contributed by atoms with Gasteiger partial charge in [-0.25, -0.2) is 0 Å². The molecule has 1 amide bonds. The number of aryl methyl sites for hydroxylation is 1. The van der Waals surface area contributed by atoms with Crippen LogP contribution in [0.25, 0.3) is 0 Å². The molecule has 1 aliphatic heterocycles. The van der Waals surface area contributed by atoms with Gasteiger partial charge in [0.15, 0.2) is 0 Å². The summed E-state index contributed by atoms with van der Waals surface area (Å²) in [6.07, 6.45) is 1.80. The molecule has 2 aromatic carbocycles. The number of fused-ring (bicyclic) bond motifs is 1. The summed E-state index contributed by atoms with van der Waals surface area (Å²) < 4.78 is 1.72. The number of nitrogens with one attached hydrogen (secondary N) is 1. The summed E-state index contributed by atoms with van der Waals surface area (Å²) in [5.41, 5.74) is 4.01. The fourth-order valence-electron chi connectivity index (χ4n) is 3.94. The summed E-state index contributed by atoms with van der Waals surface area (Å²) in [6.45, 7) is 0. The first kappa shape index (κ1) is 18.1. The van der Waals surface area contributed by atoms with Gasteiger partial charge in [-0.15, -0.1) is 0 Å². The Morgan fingerprint density at radius 3 is 1.75 bits per heavy atom. The van der Waals surface area contributed by atoms with Gasteiger partial charge in [0.1, 0.15) is 11.2 Å². The normalized spacial score (nSPS) is 14.5. The summed E-state index contributed by atoms with van der Waals surface area (Å²) in [5, 5.41) is 7.45. The lowest BCUT2D eigenvalue weighted by Gasteiger charge is -2.29. The van der Waals surface area contributed by atoms with E-state index in [9.17, 15) is 4.79 Å². The molecule has 0 unspecified atom stereocenters. The maximum atomic E-state index is 13.4. The molecule has 0 saturated carbocycles. The summed E-state index contributed by atoms with van der Waals surface area (Å²) in [7, 11) is 9.87. The second-order valence-electron chi connectivity index (χ2n) is 7.62. The average Bonchev–Trinajstić information content (AvgIpc) is 3.19. The Morgan fingerprint density at radius 1 is 0.857 bits per heavy atom. The van der Waals surface area contributed by atoms with Crippen molar-refractivity contribution in [3.05, 3.63) is 71.4 Å². The highest BCUT2D eigenvalue weighted by Gasteiger charge is 2.51. The molecule has 6 nitrogen and oxygen atoms in total. The van der Waals surface area contributed by atoms with E-state index in [1.807, 2.05) is 93.6 Å². The molecule has 2 heterocycles. The molecule has 3 aromatic rings. The molecule has 144 valence electrons. The first-order valence-corrected chi connectivity index (χ1v) is 9.25. The number of hydrogen-bond donors (Lipinski definition) is 1. The van der Waals surface area contributed by atoms with Gasteiger partial charge in [-0.2, -0.15) is 5.10 Å². The molecule has 0 saturated heterocycles. The molecule has 28 heavy (non-hydrogen) atoms. The molecule has 6 heteroatoms. The summed E-state index contributed by atoms with van der Waals surface area (Å²) in [4.78, 5) is 17.5. The zero-order valence-electron chi connectivity index (χ0n) is 16.9. The summed E-state index contributed by atoms with van der Waals surface area (Å²) in [6, 6.07) is 16.3. The van der Waals surface area contributed by atoms with E-state index in [2.05, 4.69) is 10.4 Å². The van der Waals surface area contributed by atoms with E-state index in [-0.39, 0.29) is 5.91 Å². The summed E-state index contributed by atoms with van der Waals surface area (Å²) >= 11 is 0. The molecule has 0 atom stereocenters. The molecule has 0 fully saturated rings. The Balaban J connectivity index is 1.95. The van der Waals surface area contributed by atoms with Gasteiger partial charge < -0.3 is 15.1 Å². The second kappa shape index (κ2) is 6.41. The van der Waals surface area contributed by atoms with Crippen LogP contribution < -0.4 is 15.1 Å². The largest absolute Gasteiger partial charge is 0.378 e. The van der Waals surface area contributed by atoms with Gasteiger partial charge in [-0.3, -0.25) is 9.48 Å². The van der Waals surface area contributed by atoms with Crippen LogP contribution in [0.3, 0.4) is 0 Å². The standard InChI is InChI=1S/C22H25N5O/c1-25(2)17-10-6-15(7-11-17)22(16-8-12-18(13-9-16)26(3)4)19-14-23-27(5)20(19)24-21(22)28/h6-14H,1-5H3,(H,24,28). The maximum Gasteiger partial charge on any atom is 0.245 e. The quantitative estimate of drug-likeness (QED) is 0.762. The van der Waals surface area contributed by atoms with E-state index in [0.717, 1.165) is 33.9 Å². The van der Waals surface area contributed by atoms with Gasteiger partial charge in [0.2, 0.25) is 5.91 Å². The van der Waals surface area contributed by atoms with Crippen LogP contribution in [0.15, 0.2) is 54.7 Å². The van der Waals surface area contributed by atoms with Crippen molar-refractivity contribution in [2.75, 3.05) is 43.3 Å². The first-order valence-electron chi connectivity index (χ1n) is 9.25. The van der Waals surface area contributed by atoms with Crippen molar-refractivity contribution in [2.45, 2.75) is 5.41 Å². The van der Waals surface area contributed by atoms with Gasteiger partial charge in [-0.1, -0.05) is 24.3 Å². The van der Waals surface area contributed by atoms with Crippen LogP contribution in [0.5, 0.6) is 0 Å². The molecular weight excluding hydrogens is 350 g/mol. The Hall–Kier alpha value is -3.28. The third-order valence-electron chi connectivity index (χ3n) is 5.55. The number of aromatic nitrogens is 2. The number of carbonyl (C=O) groups excluding carboxylic acids is 1. The average molecular weight is 375 g/mol. The van der Waals surface area contributed by atoms with Gasteiger partial charge in [0.25, 0.3) is 0 Å². The van der Waals surface area contributed by atoms with Crippen LogP contribution in [-0.4, -0.2) is 43.9 Å². The number of rotatable bonds is 4. The smallest absolute Gasteiger partial charge is 0.245 e. The highest BCUT2D eigenvalue weighted by molar-refractivity contribution is 6.10. The minimum atomic E-state index is -0.917. The van der Waals surface area contributed by atoms with Crippen molar-refractivity contribution in [1.29, 1.82) is 0 Å². The third kappa shape index (κ3) is 2.48. The molecule has 4 rings (SSSR count). The van der Waals surface area contributed by atoms with E-state index in [1.54, 1.807) is 10.9 Å². The van der Waals surface area contributed by atoms with Gasteiger partial charge >= 0.3 is 0 Å². The minimum Gasteiger partial charge on any atom is -0.378 e. The number of carbonyl (C=O) groups is 1. The highest BCUT2D eigenvalue weighted by Crippen LogP contribution is 2.47. The van der Waals surface area contributed by atoms with Crippen LogP contribution in [-0.2, 0) is 17.3 Å². The number of anilines is 3. The highest BCUT2D eigenvalue weighted by atomic mass is 16.2. The molecular formula is C22H25N5O. The van der Waals surface area contributed by atoms with Gasteiger partial charge in [0, 0.05) is 52.2 Å². The topological polar surface area (TPSA) is 53.4 Å². The molecule has 1 aliphatic rings. The first-order chi connectivity index (χ1) is 13.4. The lowest BCUT2D eigenvalue weighted by molar-refractivity contribution is -0.118. The second-order valence-corrected chi connectivity index (χ2v) is 7.62. The molecule has 0 aliphatic carbocycles. The zero-order valence-corrected chi connectivity index (χ0v) is 16.9. The fourth-order valence-corrected chi connectivity index (χ4v) is 3.94. The summed E-state index contributed by atoms with van der Waals surface area (Å²) in [5.74, 6) is 0.698. The number of hydrogen-bond acceptors (Lipinski definition) is 4. The van der Waals surface area contributed by atoms with Gasteiger partial charge in [0.05, 0.1) is 6.20 Å². The SMILES string of the molecule is CN(C)c1ccc(C2(c3ccc(N(C)C)cc3)C(=O)Nc3c2cnn3C)cc1. The van der Waals surface area contributed by atoms with Crippen molar-refractivity contribution in [3.8, 4) is 0 Å². The lowest BCUT2D eigenvalue weighted by atomic mass is 9.71. The molecule has 0 spiro atoms. The molecule has 0 radical (unpaired) electrons. The number of benzene rings is 2. The predicted octanol–water partition coefficient (Wildman–Crippen LogP) is 2.84. The van der Waals surface area contributed by atoms with E-state index < -0.39 is 5.41 Å². The third-order valence-corrected chi connectivity index (χ3v) is 5.55. The van der Waals surface area contributed by atoms with Crippen molar-refractivity contribution < 1.29 is 4.79 Å². The molecule has 0 bridgehead atoms. The number of nitrogens with zero attached hydrogens (tertiary/aromatic N) is 4. The minimum absolute atomic E-state index is 0.0503. The fraction of sp³-hybridized carbons (Fsp3) is 0.273. The van der Waals surface area contributed by atoms with Crippen LogP contribution >= 0.6 is 0 Å². The zero-order chi connectivity index (χ0) is 20.1. The molecule has 1 aromatic heterocycles. The predicted molar refractivity (Wildman–Crippen MR) is 113 cm³/mol. The lowest BCUT2D eigenvalue weighted by Crippen LogP contribution is -2.37. The van der Waals surface area contributed by atoms with Crippen molar-refractivity contribution in [3.63, 3.8) is 0 Å². The van der Waals surface area contributed by atoms with Crippen LogP contribution in [0.2, 0.25) is 0 Å². The van der Waals surface area contributed by atoms with Crippen molar-refractivity contribution in [2.24, 2.45) is 7.05 Å². The van der Waals surface area contributed by atoms with Crippen molar-refractivity contribution in [1.82, 2.24) is 9.78 Å². The Kier molecular flexibility index (Phi) is 4.14. The Bertz CT molecular complexity index is 965. The van der Waals surface area contributed by atoms with Crippen molar-refractivity contribution >= 4 is 23.1 Å². The monoisotopic (exact) mass is 375 g/mol. The van der Waals surface area contributed by atoms with Crippen LogP contribution in [0, 0.1) is 0 Å². The van der Waals surface area contributed by atoms with Gasteiger partial charge in [-0.05, 0) is 35.4 Å².